The van der Waals surface area contributed by atoms with E-state index in [2.05, 4.69) is 37.9 Å². The molecule has 0 saturated carbocycles. The minimum atomic E-state index is -0.495. The summed E-state index contributed by atoms with van der Waals surface area (Å²) in [6, 6.07) is 2.07. The molecule has 1 saturated heterocycles. The molecule has 0 aliphatic carbocycles. The third-order valence-corrected chi connectivity index (χ3v) is 6.03. The molecule has 1 fully saturated rings. The summed E-state index contributed by atoms with van der Waals surface area (Å²) in [6.45, 7) is 12.3. The smallest absolute Gasteiger partial charge is 0.0349 e. The molecular weight excluding hydrogens is 258 g/mol. The summed E-state index contributed by atoms with van der Waals surface area (Å²) in [4.78, 5) is 2.78. The van der Waals surface area contributed by atoms with Crippen LogP contribution in [-0.2, 0) is 0 Å². The van der Waals surface area contributed by atoms with Crippen LogP contribution in [0.1, 0.15) is 65.2 Å². The van der Waals surface area contributed by atoms with Crippen molar-refractivity contribution in [1.29, 1.82) is 0 Å². The van der Waals surface area contributed by atoms with E-state index in [0.29, 0.717) is 6.04 Å². The van der Waals surface area contributed by atoms with Crippen LogP contribution < -0.4 is 0 Å². The topological polar surface area (TPSA) is 3.24 Å². The fourth-order valence-electron chi connectivity index (χ4n) is 3.43. The molecule has 0 aromatic carbocycles. The summed E-state index contributed by atoms with van der Waals surface area (Å²) in [5, 5.41) is 0. The van der Waals surface area contributed by atoms with Crippen molar-refractivity contribution >= 4 is 8.80 Å². The van der Waals surface area contributed by atoms with E-state index in [1.165, 1.54) is 70.5 Å². The molecule has 118 valence electrons. The molecule has 1 aliphatic heterocycles. The van der Waals surface area contributed by atoms with E-state index >= 15 is 0 Å². The Kier molecular flexibility index (Phi) is 9.54. The van der Waals surface area contributed by atoms with Crippen LogP contribution in [0.3, 0.4) is 0 Å². The van der Waals surface area contributed by atoms with E-state index < -0.39 is 8.80 Å². The number of hydrogen-bond donors (Lipinski definition) is 0. The number of allylic oxidation sites excluding steroid dienone is 1. The highest BCUT2D eigenvalue weighted by Crippen LogP contribution is 2.20. The summed E-state index contributed by atoms with van der Waals surface area (Å²) in [7, 11) is -0.495. The Morgan fingerprint density at radius 3 is 1.80 bits per heavy atom. The van der Waals surface area contributed by atoms with Crippen LogP contribution in [0.25, 0.3) is 0 Å². The van der Waals surface area contributed by atoms with Crippen LogP contribution in [-0.4, -0.2) is 32.8 Å². The van der Waals surface area contributed by atoms with Crippen LogP contribution in [0.2, 0.25) is 19.1 Å². The largest absolute Gasteiger partial charge is 0.297 e. The van der Waals surface area contributed by atoms with E-state index in [9.17, 15) is 0 Å². The first-order valence-corrected chi connectivity index (χ1v) is 12.2. The Morgan fingerprint density at radius 1 is 0.950 bits per heavy atom. The third-order valence-electron chi connectivity index (χ3n) is 4.74. The van der Waals surface area contributed by atoms with Gasteiger partial charge in [-0.25, -0.2) is 0 Å². The number of nitrogens with zero attached hydrogens (tertiary/aromatic N) is 1. The molecule has 20 heavy (non-hydrogen) atoms. The highest BCUT2D eigenvalue weighted by atomic mass is 28.3. The van der Waals surface area contributed by atoms with Crippen molar-refractivity contribution in [3.8, 4) is 0 Å². The summed E-state index contributed by atoms with van der Waals surface area (Å²) in [5.74, 6) is 0. The van der Waals surface area contributed by atoms with Crippen LogP contribution in [0, 0.1) is 0 Å². The fraction of sp³-hybridized carbons (Fsp3) is 0.889. The van der Waals surface area contributed by atoms with Crippen molar-refractivity contribution in [1.82, 2.24) is 4.90 Å². The lowest BCUT2D eigenvalue weighted by atomic mass is 10.1. The average molecular weight is 296 g/mol. The molecule has 1 nitrogen and oxygen atoms in total. The summed E-state index contributed by atoms with van der Waals surface area (Å²) < 4.78 is 0. The lowest BCUT2D eigenvalue weighted by molar-refractivity contribution is 0.224. The molecule has 1 heterocycles. The van der Waals surface area contributed by atoms with Crippen molar-refractivity contribution in [2.24, 2.45) is 0 Å². The Labute approximate surface area is 129 Å². The van der Waals surface area contributed by atoms with Gasteiger partial charge in [0.1, 0.15) is 0 Å². The zero-order chi connectivity index (χ0) is 14.8. The molecule has 0 bridgehead atoms. The first-order valence-electron chi connectivity index (χ1n) is 9.04. The SMILES string of the molecule is C/C=C(/C[SiH](C)C)C(C)N1CCCCCCCCCC1. The minimum Gasteiger partial charge on any atom is -0.297 e. The highest BCUT2D eigenvalue weighted by molar-refractivity contribution is 6.56. The van der Waals surface area contributed by atoms with Gasteiger partial charge in [0.05, 0.1) is 0 Å². The molecule has 0 spiro atoms. The van der Waals surface area contributed by atoms with Gasteiger partial charge in [0.2, 0.25) is 0 Å². The van der Waals surface area contributed by atoms with Gasteiger partial charge in [-0.15, -0.1) is 0 Å². The van der Waals surface area contributed by atoms with Crippen LogP contribution in [0.4, 0.5) is 0 Å². The molecule has 0 aromatic rings. The van der Waals surface area contributed by atoms with Gasteiger partial charge in [-0.05, 0) is 45.8 Å². The molecule has 1 atom stereocenters. The van der Waals surface area contributed by atoms with Crippen LogP contribution in [0.5, 0.6) is 0 Å². The van der Waals surface area contributed by atoms with Gasteiger partial charge >= 0.3 is 0 Å². The predicted molar refractivity (Wildman–Crippen MR) is 95.4 cm³/mol. The van der Waals surface area contributed by atoms with Crippen molar-refractivity contribution in [3.05, 3.63) is 11.6 Å². The monoisotopic (exact) mass is 295 g/mol. The second kappa shape index (κ2) is 10.6. The van der Waals surface area contributed by atoms with E-state index in [1.807, 2.05) is 0 Å². The third kappa shape index (κ3) is 7.08. The maximum absolute atomic E-state index is 2.78. The van der Waals surface area contributed by atoms with Crippen molar-refractivity contribution in [2.75, 3.05) is 13.1 Å². The van der Waals surface area contributed by atoms with E-state index in [0.717, 1.165) is 0 Å². The molecule has 0 amide bonds. The first-order chi connectivity index (χ1) is 9.65. The zero-order valence-corrected chi connectivity index (χ0v) is 15.6. The summed E-state index contributed by atoms with van der Waals surface area (Å²) in [6.07, 6.45) is 13.9. The molecule has 0 aromatic heterocycles. The van der Waals surface area contributed by atoms with Crippen molar-refractivity contribution in [3.63, 3.8) is 0 Å². The van der Waals surface area contributed by atoms with Gasteiger partial charge in [-0.1, -0.05) is 63.3 Å². The molecule has 2 heteroatoms. The van der Waals surface area contributed by atoms with Gasteiger partial charge in [0.25, 0.3) is 0 Å². The Morgan fingerprint density at radius 2 is 1.40 bits per heavy atom. The molecular formula is C18H37NSi. The molecule has 0 N–H and O–H groups in total. The van der Waals surface area contributed by atoms with Crippen molar-refractivity contribution in [2.45, 2.75) is 90.4 Å². The quantitative estimate of drug-likeness (QED) is 0.506. The predicted octanol–water partition coefficient (Wildman–Crippen LogP) is 5.24. The van der Waals surface area contributed by atoms with Gasteiger partial charge in [0.15, 0.2) is 0 Å². The van der Waals surface area contributed by atoms with Gasteiger partial charge in [0, 0.05) is 14.8 Å². The zero-order valence-electron chi connectivity index (χ0n) is 14.5. The van der Waals surface area contributed by atoms with Crippen LogP contribution >= 0.6 is 0 Å². The summed E-state index contributed by atoms with van der Waals surface area (Å²) >= 11 is 0. The molecule has 1 unspecified atom stereocenters. The second-order valence-corrected chi connectivity index (χ2v) is 10.2. The standard InChI is InChI=1S/C18H37NSi/c1-5-18(16-20(3)4)17(2)19-14-12-10-8-6-7-9-11-13-15-19/h5,17,20H,6-16H2,1-4H3/b18-5-. The van der Waals surface area contributed by atoms with E-state index in [4.69, 9.17) is 0 Å². The fourth-order valence-corrected chi connectivity index (χ4v) is 4.94. The second-order valence-electron chi connectivity index (χ2n) is 7.00. The van der Waals surface area contributed by atoms with Crippen molar-refractivity contribution < 1.29 is 0 Å². The van der Waals surface area contributed by atoms with E-state index in [-0.39, 0.29) is 0 Å². The maximum Gasteiger partial charge on any atom is 0.0349 e. The molecule has 0 radical (unpaired) electrons. The summed E-state index contributed by atoms with van der Waals surface area (Å²) in [5.41, 5.74) is 1.71. The lowest BCUT2D eigenvalue weighted by Gasteiger charge is -2.31. The van der Waals surface area contributed by atoms with Gasteiger partial charge < -0.3 is 0 Å². The van der Waals surface area contributed by atoms with Crippen LogP contribution in [0.15, 0.2) is 11.6 Å². The van der Waals surface area contributed by atoms with Gasteiger partial charge in [-0.3, -0.25) is 4.90 Å². The maximum atomic E-state index is 2.78. The molecule has 1 aliphatic rings. The lowest BCUT2D eigenvalue weighted by Crippen LogP contribution is -2.36. The van der Waals surface area contributed by atoms with E-state index in [1.54, 1.807) is 5.57 Å². The normalized spacial score (nSPS) is 22.6. The Hall–Kier alpha value is -0.0831. The number of rotatable bonds is 4. The Balaban J connectivity index is 2.57. The number of hydrogen-bond acceptors (Lipinski definition) is 1. The minimum absolute atomic E-state index is 0.495. The van der Waals surface area contributed by atoms with Gasteiger partial charge in [-0.2, -0.15) is 0 Å². The molecule has 1 rings (SSSR count). The average Bonchev–Trinajstić information content (AvgIpc) is 2.48. The highest BCUT2D eigenvalue weighted by Gasteiger charge is 2.18. The first kappa shape index (κ1) is 18.0. The Bertz CT molecular complexity index is 261.